The van der Waals surface area contributed by atoms with Gasteiger partial charge in [-0.25, -0.2) is 8.78 Å². The summed E-state index contributed by atoms with van der Waals surface area (Å²) in [4.78, 5) is 0. The van der Waals surface area contributed by atoms with E-state index in [2.05, 4.69) is 0 Å². The minimum Gasteiger partial charge on any atom is -0.398 e. The van der Waals surface area contributed by atoms with Crippen LogP contribution in [0.4, 0.5) is 14.5 Å². The molecule has 0 atom stereocenters. The largest absolute Gasteiger partial charge is 0.398 e. The lowest BCUT2D eigenvalue weighted by atomic mass is 10.2. The van der Waals surface area contributed by atoms with Crippen molar-refractivity contribution in [3.8, 4) is 0 Å². The minimum absolute atomic E-state index is 0.0437. The van der Waals surface area contributed by atoms with Crippen molar-refractivity contribution in [3.05, 3.63) is 29.3 Å². The molecular formula is C7H6ClF2N. The van der Waals surface area contributed by atoms with Crippen LogP contribution in [0.3, 0.4) is 0 Å². The monoisotopic (exact) mass is 177 g/mol. The summed E-state index contributed by atoms with van der Waals surface area (Å²) in [6.45, 7) is 0. The highest BCUT2D eigenvalue weighted by molar-refractivity contribution is 6.17. The van der Waals surface area contributed by atoms with Gasteiger partial charge in [0.25, 0.3) is 0 Å². The van der Waals surface area contributed by atoms with Gasteiger partial charge >= 0.3 is 0 Å². The Morgan fingerprint density at radius 2 is 2.00 bits per heavy atom. The standard InChI is InChI=1S/C7H6ClF2N/c8-3-5-6(10)1-4(9)2-7(5)11/h1-2H,3,11H2. The van der Waals surface area contributed by atoms with E-state index in [9.17, 15) is 8.78 Å². The van der Waals surface area contributed by atoms with Gasteiger partial charge in [-0.3, -0.25) is 0 Å². The van der Waals surface area contributed by atoms with E-state index in [1.54, 1.807) is 0 Å². The summed E-state index contributed by atoms with van der Waals surface area (Å²) in [6, 6.07) is 1.80. The lowest BCUT2D eigenvalue weighted by Gasteiger charge is -2.02. The van der Waals surface area contributed by atoms with E-state index in [0.717, 1.165) is 12.1 Å². The molecule has 0 amide bonds. The Bertz CT molecular complexity index is 252. The third-order valence-corrected chi connectivity index (χ3v) is 1.60. The topological polar surface area (TPSA) is 26.0 Å². The summed E-state index contributed by atoms with van der Waals surface area (Å²) in [6.07, 6.45) is 0. The zero-order valence-corrected chi connectivity index (χ0v) is 6.33. The Kier molecular flexibility index (Phi) is 2.29. The van der Waals surface area contributed by atoms with Gasteiger partial charge < -0.3 is 5.73 Å². The molecule has 4 heteroatoms. The average molecular weight is 178 g/mol. The number of hydrogen-bond acceptors (Lipinski definition) is 1. The second-order valence-corrected chi connectivity index (χ2v) is 2.36. The van der Waals surface area contributed by atoms with Crippen LogP contribution in [-0.2, 0) is 5.88 Å². The fraction of sp³-hybridized carbons (Fsp3) is 0.143. The molecule has 1 nitrogen and oxygen atoms in total. The molecule has 0 aliphatic carbocycles. The summed E-state index contributed by atoms with van der Waals surface area (Å²) in [5, 5.41) is 0. The van der Waals surface area contributed by atoms with Crippen LogP contribution >= 0.6 is 11.6 Å². The van der Waals surface area contributed by atoms with Crippen molar-refractivity contribution in [2.45, 2.75) is 5.88 Å². The van der Waals surface area contributed by atoms with E-state index < -0.39 is 11.6 Å². The third-order valence-electron chi connectivity index (χ3n) is 1.33. The highest BCUT2D eigenvalue weighted by Gasteiger charge is 2.06. The van der Waals surface area contributed by atoms with Crippen LogP contribution in [0.1, 0.15) is 5.56 Å². The van der Waals surface area contributed by atoms with Crippen molar-refractivity contribution < 1.29 is 8.78 Å². The number of halogens is 3. The van der Waals surface area contributed by atoms with E-state index in [1.807, 2.05) is 0 Å². The maximum absolute atomic E-state index is 12.7. The fourth-order valence-electron chi connectivity index (χ4n) is 0.764. The Morgan fingerprint density at radius 3 is 2.45 bits per heavy atom. The zero-order chi connectivity index (χ0) is 8.43. The summed E-state index contributed by atoms with van der Waals surface area (Å²) in [7, 11) is 0. The van der Waals surface area contributed by atoms with Gasteiger partial charge in [-0.2, -0.15) is 0 Å². The highest BCUT2D eigenvalue weighted by Crippen LogP contribution is 2.19. The minimum atomic E-state index is -0.697. The third kappa shape index (κ3) is 1.60. The molecule has 60 valence electrons. The number of alkyl halides is 1. The molecule has 2 N–H and O–H groups in total. The van der Waals surface area contributed by atoms with E-state index in [-0.39, 0.29) is 17.1 Å². The SMILES string of the molecule is Nc1cc(F)cc(F)c1CCl. The molecule has 1 aromatic rings. The quantitative estimate of drug-likeness (QED) is 0.517. The van der Waals surface area contributed by atoms with Gasteiger partial charge in [0.1, 0.15) is 11.6 Å². The molecule has 0 aliphatic rings. The summed E-state index contributed by atoms with van der Waals surface area (Å²) in [5.74, 6) is -1.43. The summed E-state index contributed by atoms with van der Waals surface area (Å²) < 4.78 is 25.1. The van der Waals surface area contributed by atoms with E-state index in [1.165, 1.54) is 0 Å². The molecule has 1 rings (SSSR count). The number of benzene rings is 1. The lowest BCUT2D eigenvalue weighted by Crippen LogP contribution is -1.96. The van der Waals surface area contributed by atoms with E-state index in [4.69, 9.17) is 17.3 Å². The van der Waals surface area contributed by atoms with Crippen molar-refractivity contribution in [1.82, 2.24) is 0 Å². The molecule has 0 spiro atoms. The van der Waals surface area contributed by atoms with Crippen molar-refractivity contribution in [1.29, 1.82) is 0 Å². The predicted octanol–water partition coefficient (Wildman–Crippen LogP) is 2.29. The van der Waals surface area contributed by atoms with Gasteiger partial charge in [-0.05, 0) is 6.07 Å². The van der Waals surface area contributed by atoms with Crippen LogP contribution in [0, 0.1) is 11.6 Å². The normalized spacial score (nSPS) is 10.1. The molecule has 0 radical (unpaired) electrons. The van der Waals surface area contributed by atoms with Crippen LogP contribution in [0.15, 0.2) is 12.1 Å². The molecule has 0 bridgehead atoms. The number of rotatable bonds is 1. The summed E-state index contributed by atoms with van der Waals surface area (Å²) in [5.41, 5.74) is 5.47. The van der Waals surface area contributed by atoms with Crippen molar-refractivity contribution >= 4 is 17.3 Å². The van der Waals surface area contributed by atoms with Crippen molar-refractivity contribution in [3.63, 3.8) is 0 Å². The second kappa shape index (κ2) is 3.05. The Hall–Kier alpha value is -0.830. The Balaban J connectivity index is 3.25. The van der Waals surface area contributed by atoms with E-state index >= 15 is 0 Å². The van der Waals surface area contributed by atoms with Gasteiger partial charge in [0, 0.05) is 17.3 Å². The Morgan fingerprint density at radius 1 is 1.36 bits per heavy atom. The van der Waals surface area contributed by atoms with Crippen LogP contribution in [0.5, 0.6) is 0 Å². The number of anilines is 1. The number of hydrogen-bond donors (Lipinski definition) is 1. The average Bonchev–Trinajstić information content (AvgIpc) is 1.85. The zero-order valence-electron chi connectivity index (χ0n) is 5.57. The van der Waals surface area contributed by atoms with Crippen molar-refractivity contribution in [2.24, 2.45) is 0 Å². The smallest absolute Gasteiger partial charge is 0.132 e. The second-order valence-electron chi connectivity index (χ2n) is 2.09. The van der Waals surface area contributed by atoms with Crippen LogP contribution in [0.25, 0.3) is 0 Å². The van der Waals surface area contributed by atoms with Gasteiger partial charge in [-0.1, -0.05) is 0 Å². The predicted molar refractivity (Wildman–Crippen MR) is 40.3 cm³/mol. The highest BCUT2D eigenvalue weighted by atomic mass is 35.5. The molecule has 0 heterocycles. The first-order chi connectivity index (χ1) is 5.15. The van der Waals surface area contributed by atoms with Gasteiger partial charge in [0.15, 0.2) is 0 Å². The molecule has 0 unspecified atom stereocenters. The van der Waals surface area contributed by atoms with Crippen LogP contribution < -0.4 is 5.73 Å². The molecule has 0 aromatic heterocycles. The molecule has 0 saturated carbocycles. The number of nitrogen functional groups attached to an aromatic ring is 1. The van der Waals surface area contributed by atoms with Gasteiger partial charge in [-0.15, -0.1) is 11.6 Å². The number of nitrogens with two attached hydrogens (primary N) is 1. The van der Waals surface area contributed by atoms with Gasteiger partial charge in [0.2, 0.25) is 0 Å². The Labute approximate surface area is 67.8 Å². The van der Waals surface area contributed by atoms with E-state index in [0.29, 0.717) is 0 Å². The molecular weight excluding hydrogens is 172 g/mol. The molecule has 1 aromatic carbocycles. The van der Waals surface area contributed by atoms with Crippen molar-refractivity contribution in [2.75, 3.05) is 5.73 Å². The fourth-order valence-corrected chi connectivity index (χ4v) is 1.05. The first-order valence-electron chi connectivity index (χ1n) is 2.94. The molecule has 0 fully saturated rings. The molecule has 11 heavy (non-hydrogen) atoms. The molecule has 0 saturated heterocycles. The van der Waals surface area contributed by atoms with Crippen LogP contribution in [-0.4, -0.2) is 0 Å². The molecule has 0 aliphatic heterocycles. The maximum atomic E-state index is 12.7. The summed E-state index contributed by atoms with van der Waals surface area (Å²) >= 11 is 5.35. The van der Waals surface area contributed by atoms with Gasteiger partial charge in [0.05, 0.1) is 5.88 Å². The maximum Gasteiger partial charge on any atom is 0.132 e. The lowest BCUT2D eigenvalue weighted by molar-refractivity contribution is 0.578. The first kappa shape index (κ1) is 8.27. The first-order valence-corrected chi connectivity index (χ1v) is 3.48. The van der Waals surface area contributed by atoms with Crippen LogP contribution in [0.2, 0.25) is 0 Å².